The van der Waals surface area contributed by atoms with Gasteiger partial charge in [0.05, 0.1) is 5.52 Å². The highest BCUT2D eigenvalue weighted by Gasteiger charge is 2.57. The lowest BCUT2D eigenvalue weighted by Crippen LogP contribution is -2.64. The standard InChI is InChI=1S/C30H36FN5O2/c1-29(2,3)32-28(38)27(22-7-6-8-23(31)14-22)36(30-15-19-11-20(16-30)13-21(12-19)17-30)26(37)18-35-25-10-5-4-9-24(25)33-34-35/h4-10,14,19-21,27H,11-13,15-18H2,1-3H3,(H,32,38). The molecule has 0 radical (unpaired) electrons. The third-order valence-electron chi connectivity index (χ3n) is 8.66. The average Bonchev–Trinajstić information content (AvgIpc) is 3.23. The summed E-state index contributed by atoms with van der Waals surface area (Å²) in [6.07, 6.45) is 6.27. The molecule has 0 saturated heterocycles. The number of hydrogen-bond donors (Lipinski definition) is 1. The van der Waals surface area contributed by atoms with Gasteiger partial charge in [0.2, 0.25) is 11.8 Å². The van der Waals surface area contributed by atoms with Crippen LogP contribution in [0.4, 0.5) is 4.39 Å². The molecule has 200 valence electrons. The fourth-order valence-electron chi connectivity index (χ4n) is 7.81. The Labute approximate surface area is 222 Å². The van der Waals surface area contributed by atoms with Crippen molar-refractivity contribution in [1.29, 1.82) is 0 Å². The number of hydrogen-bond acceptors (Lipinski definition) is 4. The van der Waals surface area contributed by atoms with Gasteiger partial charge in [0, 0.05) is 11.1 Å². The Morgan fingerprint density at radius 2 is 1.71 bits per heavy atom. The Bertz CT molecular complexity index is 1340. The van der Waals surface area contributed by atoms with Crippen LogP contribution in [0.2, 0.25) is 0 Å². The van der Waals surface area contributed by atoms with E-state index in [1.807, 2.05) is 49.9 Å². The van der Waals surface area contributed by atoms with Gasteiger partial charge >= 0.3 is 0 Å². The van der Waals surface area contributed by atoms with Crippen molar-refractivity contribution in [3.63, 3.8) is 0 Å². The van der Waals surface area contributed by atoms with Crippen LogP contribution in [-0.2, 0) is 16.1 Å². The number of carbonyl (C=O) groups excluding carboxylic acids is 2. The van der Waals surface area contributed by atoms with Crippen LogP contribution in [0.1, 0.15) is 70.9 Å². The highest BCUT2D eigenvalue weighted by atomic mass is 19.1. The van der Waals surface area contributed by atoms with Crippen molar-refractivity contribution < 1.29 is 14.0 Å². The molecule has 4 bridgehead atoms. The third kappa shape index (κ3) is 4.58. The summed E-state index contributed by atoms with van der Waals surface area (Å²) in [5, 5.41) is 11.6. The summed E-state index contributed by atoms with van der Waals surface area (Å²) in [6.45, 7) is 5.74. The number of rotatable bonds is 6. The van der Waals surface area contributed by atoms with E-state index < -0.39 is 22.9 Å². The summed E-state index contributed by atoms with van der Waals surface area (Å²) < 4.78 is 16.2. The van der Waals surface area contributed by atoms with Crippen LogP contribution in [0.5, 0.6) is 0 Å². The van der Waals surface area contributed by atoms with Gasteiger partial charge in [0.1, 0.15) is 23.9 Å². The Hall–Kier alpha value is -3.29. The quantitative estimate of drug-likeness (QED) is 0.498. The van der Waals surface area contributed by atoms with Crippen LogP contribution in [0.25, 0.3) is 11.0 Å². The molecule has 4 aliphatic carbocycles. The van der Waals surface area contributed by atoms with Crippen LogP contribution in [0, 0.1) is 23.6 Å². The number of halogens is 1. The van der Waals surface area contributed by atoms with Gasteiger partial charge < -0.3 is 10.2 Å². The molecule has 8 heteroatoms. The van der Waals surface area contributed by atoms with Crippen LogP contribution in [-0.4, -0.2) is 42.8 Å². The number of fused-ring (bicyclic) bond motifs is 1. The fraction of sp³-hybridized carbons (Fsp3) is 0.533. The number of aromatic nitrogens is 3. The number of nitrogens with one attached hydrogen (secondary N) is 1. The molecule has 1 atom stereocenters. The van der Waals surface area contributed by atoms with Crippen molar-refractivity contribution in [2.45, 2.75) is 83.0 Å². The molecule has 4 aliphatic rings. The predicted molar refractivity (Wildman–Crippen MR) is 142 cm³/mol. The van der Waals surface area contributed by atoms with Crippen LogP contribution in [0.3, 0.4) is 0 Å². The zero-order valence-corrected chi connectivity index (χ0v) is 22.4. The van der Waals surface area contributed by atoms with E-state index in [1.54, 1.807) is 16.8 Å². The van der Waals surface area contributed by atoms with Crippen molar-refractivity contribution in [2.75, 3.05) is 0 Å². The molecule has 1 heterocycles. The molecule has 4 saturated carbocycles. The first-order valence-corrected chi connectivity index (χ1v) is 13.8. The molecular weight excluding hydrogens is 481 g/mol. The topological polar surface area (TPSA) is 80.1 Å². The van der Waals surface area contributed by atoms with Gasteiger partial charge in [-0.1, -0.05) is 29.5 Å². The first kappa shape index (κ1) is 25.0. The zero-order chi connectivity index (χ0) is 26.7. The number of para-hydroxylation sites is 1. The molecule has 38 heavy (non-hydrogen) atoms. The number of nitrogens with zero attached hydrogens (tertiary/aromatic N) is 4. The van der Waals surface area contributed by atoms with Gasteiger partial charge in [0.25, 0.3) is 0 Å². The normalized spacial score (nSPS) is 26.9. The molecule has 7 nitrogen and oxygen atoms in total. The Kier molecular flexibility index (Phi) is 6.04. The van der Waals surface area contributed by atoms with Gasteiger partial charge in [-0.2, -0.15) is 0 Å². The lowest BCUT2D eigenvalue weighted by Gasteiger charge is -2.61. The molecule has 0 aliphatic heterocycles. The summed E-state index contributed by atoms with van der Waals surface area (Å²) in [7, 11) is 0. The maximum Gasteiger partial charge on any atom is 0.247 e. The Balaban J connectivity index is 1.46. The molecule has 2 amide bonds. The summed E-state index contributed by atoms with van der Waals surface area (Å²) in [5.74, 6) is 0.792. The van der Waals surface area contributed by atoms with E-state index in [4.69, 9.17) is 0 Å². The average molecular weight is 518 g/mol. The Morgan fingerprint density at radius 1 is 1.05 bits per heavy atom. The van der Waals surface area contributed by atoms with Gasteiger partial charge in [-0.15, -0.1) is 5.10 Å². The van der Waals surface area contributed by atoms with Crippen molar-refractivity contribution in [2.24, 2.45) is 17.8 Å². The highest BCUT2D eigenvalue weighted by Crippen LogP contribution is 2.59. The molecule has 1 unspecified atom stereocenters. The van der Waals surface area contributed by atoms with E-state index in [2.05, 4.69) is 15.6 Å². The fourth-order valence-corrected chi connectivity index (χ4v) is 7.81. The molecule has 7 rings (SSSR count). The predicted octanol–water partition coefficient (Wildman–Crippen LogP) is 5.02. The molecule has 1 aromatic heterocycles. The van der Waals surface area contributed by atoms with E-state index in [9.17, 15) is 14.0 Å². The maximum atomic E-state index is 14.6. The minimum Gasteiger partial charge on any atom is -0.349 e. The summed E-state index contributed by atoms with van der Waals surface area (Å²) in [5.41, 5.74) is 1.04. The molecule has 0 spiro atoms. The van der Waals surface area contributed by atoms with Gasteiger partial charge in [-0.05, 0) is 107 Å². The summed E-state index contributed by atoms with van der Waals surface area (Å²) >= 11 is 0. The minimum atomic E-state index is -0.941. The van der Waals surface area contributed by atoms with Crippen molar-refractivity contribution in [1.82, 2.24) is 25.2 Å². The lowest BCUT2D eigenvalue weighted by atomic mass is 9.52. The number of amides is 2. The van der Waals surface area contributed by atoms with Crippen molar-refractivity contribution in [3.8, 4) is 0 Å². The number of benzene rings is 2. The van der Waals surface area contributed by atoms with Gasteiger partial charge in [0.15, 0.2) is 0 Å². The van der Waals surface area contributed by atoms with E-state index >= 15 is 0 Å². The first-order chi connectivity index (χ1) is 18.1. The first-order valence-electron chi connectivity index (χ1n) is 13.8. The SMILES string of the molecule is CC(C)(C)NC(=O)C(c1cccc(F)c1)N(C(=O)Cn1nnc2ccccc21)C12CC3CC(CC(C3)C1)C2. The van der Waals surface area contributed by atoms with E-state index in [0.29, 0.717) is 28.8 Å². The third-order valence-corrected chi connectivity index (χ3v) is 8.66. The molecule has 4 fully saturated rings. The van der Waals surface area contributed by atoms with Crippen molar-refractivity contribution in [3.05, 3.63) is 59.9 Å². The molecule has 2 aromatic carbocycles. The Morgan fingerprint density at radius 3 is 2.34 bits per heavy atom. The van der Waals surface area contributed by atoms with E-state index in [-0.39, 0.29) is 18.4 Å². The van der Waals surface area contributed by atoms with Crippen LogP contribution in [0.15, 0.2) is 48.5 Å². The summed E-state index contributed by atoms with van der Waals surface area (Å²) in [6, 6.07) is 12.8. The van der Waals surface area contributed by atoms with Gasteiger partial charge in [-0.25, -0.2) is 9.07 Å². The van der Waals surface area contributed by atoms with Crippen LogP contribution >= 0.6 is 0 Å². The van der Waals surface area contributed by atoms with E-state index in [0.717, 1.165) is 24.8 Å². The monoisotopic (exact) mass is 517 g/mol. The lowest BCUT2D eigenvalue weighted by molar-refractivity contribution is -0.164. The van der Waals surface area contributed by atoms with Gasteiger partial charge in [-0.3, -0.25) is 9.59 Å². The second kappa shape index (κ2) is 9.17. The largest absolute Gasteiger partial charge is 0.349 e. The van der Waals surface area contributed by atoms with Crippen LogP contribution < -0.4 is 5.32 Å². The second-order valence-corrected chi connectivity index (χ2v) is 12.8. The molecular formula is C30H36FN5O2. The summed E-state index contributed by atoms with van der Waals surface area (Å²) in [4.78, 5) is 30.4. The van der Waals surface area contributed by atoms with Crippen molar-refractivity contribution >= 4 is 22.8 Å². The minimum absolute atomic E-state index is 0.0309. The maximum absolute atomic E-state index is 14.6. The number of carbonyl (C=O) groups is 2. The second-order valence-electron chi connectivity index (χ2n) is 12.8. The molecule has 3 aromatic rings. The van der Waals surface area contributed by atoms with E-state index in [1.165, 1.54) is 31.4 Å². The smallest absolute Gasteiger partial charge is 0.247 e. The highest BCUT2D eigenvalue weighted by molar-refractivity contribution is 5.90. The zero-order valence-electron chi connectivity index (χ0n) is 22.4. The molecule has 1 N–H and O–H groups in total.